The second-order valence-corrected chi connectivity index (χ2v) is 5.67. The normalized spacial score (nSPS) is 12.1. The molecule has 0 radical (unpaired) electrons. The molecule has 0 saturated carbocycles. The van der Waals surface area contributed by atoms with Gasteiger partial charge >= 0.3 is 0 Å². The maximum Gasteiger partial charge on any atom is 0.263 e. The van der Waals surface area contributed by atoms with Gasteiger partial charge in [0.25, 0.3) is 8.05 Å². The summed E-state index contributed by atoms with van der Waals surface area (Å²) in [5, 5.41) is 2.32. The Balaban J connectivity index is 2.39. The number of rotatable bonds is 5. The Morgan fingerprint density at radius 2 is 1.67 bits per heavy atom. The van der Waals surface area contributed by atoms with E-state index in [1.54, 1.807) is 8.05 Å². The Bertz CT molecular complexity index is 490. The van der Waals surface area contributed by atoms with Crippen LogP contribution < -0.4 is 15.3 Å². The minimum atomic E-state index is -0.806. The highest BCUT2D eigenvalue weighted by atomic mass is 31.1. The Labute approximate surface area is 110 Å². The van der Waals surface area contributed by atoms with E-state index in [1.165, 1.54) is 5.30 Å². The number of para-hydroxylation sites is 1. The first-order valence-electron chi connectivity index (χ1n) is 5.98. The van der Waals surface area contributed by atoms with Crippen molar-refractivity contribution >= 4 is 26.8 Å². The Kier molecular flexibility index (Phi) is 4.80. The smallest absolute Gasteiger partial charge is 0.263 e. The van der Waals surface area contributed by atoms with E-state index in [9.17, 15) is 0 Å². The van der Waals surface area contributed by atoms with Crippen LogP contribution in [0.5, 0.6) is 5.75 Å². The molecule has 0 unspecified atom stereocenters. The average molecular weight is 258 g/mol. The van der Waals surface area contributed by atoms with Crippen LogP contribution in [0.1, 0.15) is 6.92 Å². The fourth-order valence-corrected chi connectivity index (χ4v) is 3.50. The predicted octanol–water partition coefficient (Wildman–Crippen LogP) is 2.00. The van der Waals surface area contributed by atoms with Crippen LogP contribution in [0.25, 0.3) is 0 Å². The van der Waals surface area contributed by atoms with Crippen LogP contribution in [-0.2, 0) is 4.44 Å². The third kappa shape index (κ3) is 2.93. The average Bonchev–Trinajstić information content (AvgIpc) is 2.43. The highest BCUT2D eigenvalue weighted by molar-refractivity contribution is 7.69. The molecule has 92 valence electrons. The number of hydrogen-bond acceptors (Lipinski definition) is 2. The van der Waals surface area contributed by atoms with E-state index in [2.05, 4.69) is 18.2 Å². The summed E-state index contributed by atoms with van der Waals surface area (Å²) in [5.41, 5.74) is 0. The molecular weight excluding hydrogens is 242 g/mol. The van der Waals surface area contributed by atoms with Gasteiger partial charge < -0.3 is 9.18 Å². The van der Waals surface area contributed by atoms with Crippen molar-refractivity contribution in [2.24, 2.45) is 0 Å². The largest absolute Gasteiger partial charge is 0.493 e. The van der Waals surface area contributed by atoms with Crippen molar-refractivity contribution in [2.75, 3.05) is 6.61 Å². The van der Waals surface area contributed by atoms with Crippen molar-refractivity contribution < 1.29 is 9.18 Å². The fraction of sp³-hybridized carbons (Fsp3) is 0.143. The first-order valence-corrected chi connectivity index (χ1v) is 7.24. The van der Waals surface area contributed by atoms with Gasteiger partial charge in [0.1, 0.15) is 5.75 Å². The van der Waals surface area contributed by atoms with Crippen LogP contribution >= 0.6 is 8.15 Å². The van der Waals surface area contributed by atoms with E-state index >= 15 is 0 Å². The zero-order valence-corrected chi connectivity index (χ0v) is 11.6. The monoisotopic (exact) mass is 258 g/mol. The first-order chi connectivity index (χ1) is 8.86. The summed E-state index contributed by atoms with van der Waals surface area (Å²) < 4.78 is 11.4. The van der Waals surface area contributed by atoms with E-state index in [1.807, 2.05) is 43.3 Å². The lowest BCUT2D eigenvalue weighted by Gasteiger charge is -2.19. The summed E-state index contributed by atoms with van der Waals surface area (Å²) in [7, 11) is 0.945. The predicted molar refractivity (Wildman–Crippen MR) is 79.9 cm³/mol. The van der Waals surface area contributed by atoms with E-state index in [0.717, 1.165) is 11.1 Å². The highest BCUT2D eigenvalue weighted by Gasteiger charge is 2.16. The molecule has 1 atom stereocenters. The van der Waals surface area contributed by atoms with Crippen molar-refractivity contribution in [3.05, 3.63) is 54.6 Å². The molecule has 0 aliphatic carbocycles. The Hall–Kier alpha value is -1.31. The molecule has 0 amide bonds. The van der Waals surface area contributed by atoms with Crippen LogP contribution in [0, 0.1) is 0 Å². The van der Waals surface area contributed by atoms with Gasteiger partial charge in [-0.25, -0.2) is 0 Å². The molecule has 2 nitrogen and oxygen atoms in total. The molecule has 0 aliphatic heterocycles. The molecule has 18 heavy (non-hydrogen) atoms. The van der Waals surface area contributed by atoms with Crippen LogP contribution in [0.3, 0.4) is 0 Å². The Morgan fingerprint density at radius 3 is 2.33 bits per heavy atom. The zero-order chi connectivity index (χ0) is 12.8. The van der Waals surface area contributed by atoms with Crippen molar-refractivity contribution in [3.63, 3.8) is 0 Å². The molecule has 2 aromatic carbocycles. The number of benzene rings is 2. The molecular formula is C14H16BO2P. The van der Waals surface area contributed by atoms with E-state index in [-0.39, 0.29) is 0 Å². The standard InChI is InChI=1S/C14H16BO2P/c1-2-16-13-10-6-7-11-14(13)18(17-15)12-8-4-3-5-9-12/h3-11H,2,15H2,1H3/t18-/m1/s1. The topological polar surface area (TPSA) is 18.5 Å². The molecule has 0 spiro atoms. The quantitative estimate of drug-likeness (QED) is 0.603. The van der Waals surface area contributed by atoms with Crippen molar-refractivity contribution in [1.29, 1.82) is 0 Å². The second-order valence-electron chi connectivity index (χ2n) is 3.71. The molecule has 0 N–H and O–H groups in total. The molecule has 2 rings (SSSR count). The fourth-order valence-electron chi connectivity index (χ4n) is 1.81. The molecule has 0 saturated heterocycles. The molecule has 0 fully saturated rings. The van der Waals surface area contributed by atoms with Gasteiger partial charge in [0.15, 0.2) is 0 Å². The van der Waals surface area contributed by atoms with Gasteiger partial charge in [-0.15, -0.1) is 0 Å². The maximum atomic E-state index is 5.69. The first kappa shape index (κ1) is 13.1. The van der Waals surface area contributed by atoms with Crippen LogP contribution in [0.2, 0.25) is 0 Å². The molecule has 0 aliphatic rings. The van der Waals surface area contributed by atoms with E-state index in [0.29, 0.717) is 6.61 Å². The SMILES string of the molecule is BO[P@](c1ccccc1)c1ccccc1OCC. The molecule has 0 heterocycles. The van der Waals surface area contributed by atoms with Gasteiger partial charge in [0.05, 0.1) is 14.8 Å². The van der Waals surface area contributed by atoms with Crippen molar-refractivity contribution in [1.82, 2.24) is 0 Å². The number of hydrogen-bond donors (Lipinski definition) is 0. The lowest BCUT2D eigenvalue weighted by molar-refractivity contribution is 0.343. The minimum absolute atomic E-state index is 0.665. The lowest BCUT2D eigenvalue weighted by atomic mass is 10.3. The minimum Gasteiger partial charge on any atom is -0.493 e. The zero-order valence-electron chi connectivity index (χ0n) is 10.7. The summed E-state index contributed by atoms with van der Waals surface area (Å²) in [6.07, 6.45) is 0. The van der Waals surface area contributed by atoms with Crippen LogP contribution in [0.15, 0.2) is 54.6 Å². The third-order valence-corrected chi connectivity index (χ3v) is 4.50. The third-order valence-electron chi connectivity index (χ3n) is 2.56. The van der Waals surface area contributed by atoms with E-state index in [4.69, 9.17) is 9.18 Å². The van der Waals surface area contributed by atoms with Gasteiger partial charge in [0.2, 0.25) is 0 Å². The molecule has 4 heteroatoms. The number of ether oxygens (including phenoxy) is 1. The summed E-state index contributed by atoms with van der Waals surface area (Å²) in [4.78, 5) is 0. The van der Waals surface area contributed by atoms with Gasteiger partial charge in [-0.2, -0.15) is 0 Å². The van der Waals surface area contributed by atoms with Crippen molar-refractivity contribution in [2.45, 2.75) is 6.92 Å². The van der Waals surface area contributed by atoms with Gasteiger partial charge in [-0.05, 0) is 19.1 Å². The molecule has 0 aromatic heterocycles. The summed E-state index contributed by atoms with van der Waals surface area (Å²) in [5.74, 6) is 0.914. The lowest BCUT2D eigenvalue weighted by Crippen LogP contribution is -2.15. The summed E-state index contributed by atoms with van der Waals surface area (Å²) in [6.45, 7) is 2.66. The second kappa shape index (κ2) is 6.58. The van der Waals surface area contributed by atoms with Gasteiger partial charge in [0, 0.05) is 10.6 Å². The summed E-state index contributed by atoms with van der Waals surface area (Å²) in [6, 6.07) is 18.4. The Morgan fingerprint density at radius 1 is 1.00 bits per heavy atom. The van der Waals surface area contributed by atoms with Gasteiger partial charge in [-0.1, -0.05) is 42.5 Å². The van der Waals surface area contributed by atoms with Gasteiger partial charge in [-0.3, -0.25) is 0 Å². The highest BCUT2D eigenvalue weighted by Crippen LogP contribution is 2.36. The van der Waals surface area contributed by atoms with E-state index < -0.39 is 8.15 Å². The van der Waals surface area contributed by atoms with Crippen LogP contribution in [-0.4, -0.2) is 14.7 Å². The summed E-state index contributed by atoms with van der Waals surface area (Å²) >= 11 is 0. The van der Waals surface area contributed by atoms with Crippen LogP contribution in [0.4, 0.5) is 0 Å². The molecule has 0 bridgehead atoms. The maximum absolute atomic E-state index is 5.69. The molecule has 2 aromatic rings. The van der Waals surface area contributed by atoms with Crippen molar-refractivity contribution in [3.8, 4) is 5.75 Å².